The van der Waals surface area contributed by atoms with Gasteiger partial charge in [-0.3, -0.25) is 14.6 Å². The minimum atomic E-state index is -3.52. The molecule has 1 aromatic heterocycles. The van der Waals surface area contributed by atoms with E-state index in [9.17, 15) is 26.4 Å². The summed E-state index contributed by atoms with van der Waals surface area (Å²) in [6.45, 7) is 9.19. The topological polar surface area (TPSA) is 186 Å². The summed E-state index contributed by atoms with van der Waals surface area (Å²) in [5, 5.41) is 2.80. The Bertz CT molecular complexity index is 2250. The van der Waals surface area contributed by atoms with Crippen molar-refractivity contribution < 1.29 is 26.4 Å². The Morgan fingerprint density at radius 2 is 1.17 bits per heavy atom. The first-order valence-electron chi connectivity index (χ1n) is 20.9. The van der Waals surface area contributed by atoms with Crippen LogP contribution in [-0.2, 0) is 29.6 Å². The third-order valence-electron chi connectivity index (χ3n) is 12.3. The number of carbonyl (C=O) groups excluding carboxylic acids is 2. The van der Waals surface area contributed by atoms with Gasteiger partial charge in [0.25, 0.3) is 0 Å². The molecule has 8 rings (SSSR count). The number of nitrogens with zero attached hydrogens (tertiary/aromatic N) is 4. The third kappa shape index (κ3) is 8.48. The number of imidazole rings is 1. The van der Waals surface area contributed by atoms with Crippen molar-refractivity contribution in [3.05, 3.63) is 66.1 Å². The molecule has 1 unspecified atom stereocenters. The van der Waals surface area contributed by atoms with E-state index >= 15 is 0 Å². The van der Waals surface area contributed by atoms with Gasteiger partial charge in [-0.15, -0.1) is 0 Å². The first-order valence-corrected chi connectivity index (χ1v) is 24.0. The van der Waals surface area contributed by atoms with Crippen molar-refractivity contribution in [1.82, 2.24) is 34.5 Å². The normalized spacial score (nSPS) is 23.7. The van der Waals surface area contributed by atoms with E-state index in [4.69, 9.17) is 4.99 Å². The summed E-state index contributed by atoms with van der Waals surface area (Å²) in [5.74, 6) is 0.733. The quantitative estimate of drug-likeness (QED) is 0.171. The van der Waals surface area contributed by atoms with E-state index in [-0.39, 0.29) is 47.0 Å². The highest BCUT2D eigenvalue weighted by atomic mass is 32.2. The number of hydrogen-bond donors (Lipinski definition) is 4. The molecule has 0 spiro atoms. The molecule has 4 N–H and O–H groups in total. The Kier molecular flexibility index (Phi) is 11.3. The highest BCUT2D eigenvalue weighted by Crippen LogP contribution is 2.35. The van der Waals surface area contributed by atoms with E-state index in [0.29, 0.717) is 51.1 Å². The van der Waals surface area contributed by atoms with Crippen molar-refractivity contribution in [2.24, 2.45) is 16.8 Å². The number of aliphatic imine (C=N–C) groups is 1. The lowest BCUT2D eigenvalue weighted by molar-refractivity contribution is -0.135. The van der Waals surface area contributed by atoms with Crippen LogP contribution in [0.25, 0.3) is 22.4 Å². The van der Waals surface area contributed by atoms with Crippen LogP contribution in [0.5, 0.6) is 0 Å². The van der Waals surface area contributed by atoms with Crippen LogP contribution in [0, 0.1) is 11.8 Å². The molecule has 16 heteroatoms. The number of sulfonamides is 2. The maximum atomic E-state index is 13.8. The second-order valence-corrected chi connectivity index (χ2v) is 21.3. The molecule has 2 aromatic carbocycles. The summed E-state index contributed by atoms with van der Waals surface area (Å²) >= 11 is 0. The monoisotopic (exact) mass is 832 g/mol. The second-order valence-electron chi connectivity index (χ2n) is 17.4. The van der Waals surface area contributed by atoms with Crippen LogP contribution in [0.15, 0.2) is 59.7 Å². The molecule has 5 atom stereocenters. The van der Waals surface area contributed by atoms with E-state index in [1.54, 1.807) is 11.1 Å². The molecular weight excluding hydrogens is 777 g/mol. The fourth-order valence-electron chi connectivity index (χ4n) is 8.49. The number of nitrogens with one attached hydrogen (secondary N) is 4. The first-order chi connectivity index (χ1) is 27.7. The minimum absolute atomic E-state index is 0.0257. The molecule has 3 aromatic rings. The van der Waals surface area contributed by atoms with Gasteiger partial charge in [0.05, 0.1) is 47.1 Å². The molecule has 0 radical (unpaired) electrons. The number of amides is 2. The van der Waals surface area contributed by atoms with Crippen LogP contribution >= 0.6 is 0 Å². The largest absolute Gasteiger partial charge is 0.363 e. The molecular formula is C42H56N8O6S2. The molecule has 0 bridgehead atoms. The Hall–Kier alpha value is -4.12. The molecule has 4 heterocycles. The smallest absolute Gasteiger partial charge is 0.241 e. The van der Waals surface area contributed by atoms with Gasteiger partial charge < -0.3 is 20.1 Å². The molecule has 14 nitrogen and oxygen atoms in total. The van der Waals surface area contributed by atoms with Crippen LogP contribution < -0.4 is 14.8 Å². The van der Waals surface area contributed by atoms with Gasteiger partial charge in [0.2, 0.25) is 31.9 Å². The number of amidine groups is 1. The van der Waals surface area contributed by atoms with Crippen LogP contribution in [0.2, 0.25) is 0 Å². The molecule has 2 aliphatic carbocycles. The Balaban J connectivity index is 0.881. The van der Waals surface area contributed by atoms with Gasteiger partial charge in [0, 0.05) is 13.1 Å². The number of aromatic amines is 1. The third-order valence-corrected chi connectivity index (χ3v) is 16.1. The average molecular weight is 833 g/mol. The zero-order valence-corrected chi connectivity index (χ0v) is 35.4. The van der Waals surface area contributed by atoms with Crippen molar-refractivity contribution in [1.29, 1.82) is 0 Å². The number of rotatable bonds is 15. The maximum absolute atomic E-state index is 13.8. The predicted octanol–water partition coefficient (Wildman–Crippen LogP) is 4.65. The summed E-state index contributed by atoms with van der Waals surface area (Å²) in [6, 6.07) is 14.6. The number of benzene rings is 2. The van der Waals surface area contributed by atoms with Crippen molar-refractivity contribution in [3.8, 4) is 22.4 Å². The molecule has 2 saturated heterocycles. The standard InChI is InChI=1S/C42H56N8O6S2/c1-25(2)37(47-57(53,54)31-17-18-31)41(51)49-21-5-7-35(49)39-43-23-33(45-39)29-13-9-27(10-14-29)28-11-15-30(16-12-28)34-24-44-40(46-34)36-8-6-22-50(36)42(52)38(26(3)4)48-58(55,56)32-19-20-32/h9-16,23,25-26,31-32,34-38,47-48H,5-8,17-22,24H2,1-4H3,(H,43,45)(H,44,46)/t34?,35-,36-,37+,38+/m0/s1. The average Bonchev–Trinajstić information content (AvgIpc) is 3.99. The molecule has 2 saturated carbocycles. The van der Waals surface area contributed by atoms with Crippen molar-refractivity contribution >= 4 is 37.7 Å². The van der Waals surface area contributed by atoms with Crippen LogP contribution in [-0.4, -0.2) is 103 Å². The summed E-state index contributed by atoms with van der Waals surface area (Å²) in [6.07, 6.45) is 7.55. The maximum Gasteiger partial charge on any atom is 0.241 e. The summed E-state index contributed by atoms with van der Waals surface area (Å²) in [4.78, 5) is 44.1. The number of H-pyrrole nitrogens is 1. The lowest BCUT2D eigenvalue weighted by atomic mass is 9.99. The van der Waals surface area contributed by atoms with Gasteiger partial charge in [-0.05, 0) is 85.5 Å². The number of aromatic nitrogens is 2. The Morgan fingerprint density at radius 3 is 1.69 bits per heavy atom. The van der Waals surface area contributed by atoms with Crippen molar-refractivity contribution in [2.45, 2.75) is 120 Å². The molecule has 4 fully saturated rings. The van der Waals surface area contributed by atoms with E-state index in [1.807, 2.05) is 44.7 Å². The van der Waals surface area contributed by atoms with E-state index in [1.165, 1.54) is 0 Å². The number of carbonyl (C=O) groups is 2. The van der Waals surface area contributed by atoms with Crippen LogP contribution in [0.3, 0.4) is 0 Å². The Labute approximate surface area is 342 Å². The van der Waals surface area contributed by atoms with Gasteiger partial charge in [-0.1, -0.05) is 76.2 Å². The van der Waals surface area contributed by atoms with E-state index in [0.717, 1.165) is 59.5 Å². The Morgan fingerprint density at radius 1 is 0.690 bits per heavy atom. The predicted molar refractivity (Wildman–Crippen MR) is 223 cm³/mol. The molecule has 312 valence electrons. The van der Waals surface area contributed by atoms with Gasteiger partial charge in [-0.2, -0.15) is 0 Å². The summed E-state index contributed by atoms with van der Waals surface area (Å²) < 4.78 is 56.4. The molecule has 3 aliphatic heterocycles. The molecule has 2 amide bonds. The first kappa shape index (κ1) is 40.7. The SMILES string of the molecule is CC(C)[C@@H](NS(=O)(=O)C1CC1)C(=O)N1CCC[C@H]1C1=NCC(c2ccc(-c3ccc(-c4cnc([C@@H]5CCCN5C(=O)[C@H](NS(=O)(=O)C5CC5)C(C)C)[nH]4)cc3)cc2)N1. The highest BCUT2D eigenvalue weighted by Gasteiger charge is 2.44. The molecule has 5 aliphatic rings. The molecule has 58 heavy (non-hydrogen) atoms. The van der Waals surface area contributed by atoms with Crippen LogP contribution in [0.1, 0.15) is 103 Å². The van der Waals surface area contributed by atoms with Gasteiger partial charge in [0.15, 0.2) is 0 Å². The van der Waals surface area contributed by atoms with Crippen LogP contribution in [0.4, 0.5) is 0 Å². The fraction of sp³-hybridized carbons (Fsp3) is 0.571. The minimum Gasteiger partial charge on any atom is -0.363 e. The fourth-order valence-corrected chi connectivity index (χ4v) is 11.8. The zero-order valence-electron chi connectivity index (χ0n) is 33.7. The van der Waals surface area contributed by atoms with E-state index < -0.39 is 37.4 Å². The number of likely N-dealkylation sites (tertiary alicyclic amines) is 2. The lowest BCUT2D eigenvalue weighted by Crippen LogP contribution is -2.55. The lowest BCUT2D eigenvalue weighted by Gasteiger charge is -2.31. The van der Waals surface area contributed by atoms with Gasteiger partial charge >= 0.3 is 0 Å². The summed E-state index contributed by atoms with van der Waals surface area (Å²) in [7, 11) is -7.04. The van der Waals surface area contributed by atoms with Gasteiger partial charge in [-0.25, -0.2) is 31.3 Å². The number of hydrogen-bond acceptors (Lipinski definition) is 9. The van der Waals surface area contributed by atoms with Crippen molar-refractivity contribution in [3.63, 3.8) is 0 Å². The van der Waals surface area contributed by atoms with Crippen molar-refractivity contribution in [2.75, 3.05) is 19.6 Å². The summed E-state index contributed by atoms with van der Waals surface area (Å²) in [5.41, 5.74) is 5.03. The highest BCUT2D eigenvalue weighted by molar-refractivity contribution is 7.90. The van der Waals surface area contributed by atoms with Gasteiger partial charge in [0.1, 0.15) is 23.7 Å². The van der Waals surface area contributed by atoms with E-state index in [2.05, 4.69) is 61.1 Å². The second kappa shape index (κ2) is 16.1. The zero-order chi connectivity index (χ0) is 40.9.